The van der Waals surface area contributed by atoms with Crippen molar-refractivity contribution >= 4 is 38.6 Å². The Morgan fingerprint density at radius 3 is 2.72 bits per heavy atom. The Bertz CT molecular complexity index is 873. The van der Waals surface area contributed by atoms with E-state index in [2.05, 4.69) is 10.0 Å². The van der Waals surface area contributed by atoms with Crippen LogP contribution < -0.4 is 10.0 Å². The van der Waals surface area contributed by atoms with Gasteiger partial charge in [0.05, 0.1) is 12.3 Å². The van der Waals surface area contributed by atoms with Crippen molar-refractivity contribution in [2.24, 2.45) is 0 Å². The van der Waals surface area contributed by atoms with Crippen molar-refractivity contribution in [1.82, 2.24) is 4.72 Å². The van der Waals surface area contributed by atoms with Crippen LogP contribution in [0.5, 0.6) is 0 Å². The second-order valence-corrected chi connectivity index (χ2v) is 7.13. The second-order valence-electron chi connectivity index (χ2n) is 5.20. The minimum absolute atomic E-state index is 0.132. The van der Waals surface area contributed by atoms with E-state index in [0.29, 0.717) is 29.7 Å². The van der Waals surface area contributed by atoms with Gasteiger partial charge in [-0.2, -0.15) is 0 Å². The molecular formula is C15H18N2O7S. The summed E-state index contributed by atoms with van der Waals surface area (Å²) in [6.45, 7) is -0.0880. The van der Waals surface area contributed by atoms with Crippen molar-refractivity contribution in [3.8, 4) is 0 Å². The molecule has 0 bridgehead atoms. The van der Waals surface area contributed by atoms with Gasteiger partial charge in [-0.05, 0) is 30.7 Å². The zero-order valence-corrected chi connectivity index (χ0v) is 14.3. The first-order valence-corrected chi connectivity index (χ1v) is 8.99. The molecule has 0 saturated heterocycles. The van der Waals surface area contributed by atoms with Gasteiger partial charge in [0.1, 0.15) is 5.58 Å². The molecule has 0 aliphatic carbocycles. The lowest BCUT2D eigenvalue weighted by Crippen LogP contribution is -2.34. The lowest BCUT2D eigenvalue weighted by atomic mass is 10.2. The van der Waals surface area contributed by atoms with Crippen LogP contribution in [-0.2, 0) is 19.6 Å². The highest BCUT2D eigenvalue weighted by Gasteiger charge is 2.14. The van der Waals surface area contributed by atoms with E-state index in [9.17, 15) is 18.0 Å². The molecule has 3 N–H and O–H groups in total. The number of anilines is 1. The van der Waals surface area contributed by atoms with Crippen LogP contribution in [-0.4, -0.2) is 51.4 Å². The SMILES string of the molecule is COCCCS(=O)(=O)NCC(=O)Nc1ccc2oc(C(=O)O)cc2c1. The molecule has 2 rings (SSSR count). The Balaban J connectivity index is 1.94. The predicted molar refractivity (Wildman–Crippen MR) is 90.1 cm³/mol. The molecule has 9 nitrogen and oxygen atoms in total. The van der Waals surface area contributed by atoms with Crippen LogP contribution >= 0.6 is 0 Å². The summed E-state index contributed by atoms with van der Waals surface area (Å²) in [5.41, 5.74) is 0.767. The Morgan fingerprint density at radius 1 is 1.28 bits per heavy atom. The van der Waals surface area contributed by atoms with Gasteiger partial charge in [0, 0.05) is 24.8 Å². The maximum absolute atomic E-state index is 11.9. The van der Waals surface area contributed by atoms with E-state index < -0.39 is 28.4 Å². The molecule has 0 atom stereocenters. The molecule has 1 aromatic carbocycles. The standard InChI is InChI=1S/C15H18N2O7S/c1-23-5-2-6-25(21,22)16-9-14(18)17-11-3-4-12-10(7-11)8-13(24-12)15(19)20/h3-4,7-8,16H,2,5-6,9H2,1H3,(H,17,18)(H,19,20). The number of aromatic carboxylic acids is 1. The van der Waals surface area contributed by atoms with Gasteiger partial charge in [-0.1, -0.05) is 0 Å². The zero-order valence-electron chi connectivity index (χ0n) is 13.4. The molecule has 0 saturated carbocycles. The normalized spacial score (nSPS) is 11.6. The summed E-state index contributed by atoms with van der Waals surface area (Å²) in [4.78, 5) is 22.7. The number of carbonyl (C=O) groups excluding carboxylic acids is 1. The van der Waals surface area contributed by atoms with Gasteiger partial charge in [-0.15, -0.1) is 0 Å². The number of benzene rings is 1. The Hall–Kier alpha value is -2.43. The molecule has 0 radical (unpaired) electrons. The third-order valence-electron chi connectivity index (χ3n) is 3.23. The fourth-order valence-corrected chi connectivity index (χ4v) is 3.07. The van der Waals surface area contributed by atoms with Gasteiger partial charge in [-0.25, -0.2) is 17.9 Å². The van der Waals surface area contributed by atoms with Crippen molar-refractivity contribution in [2.45, 2.75) is 6.42 Å². The third kappa shape index (κ3) is 5.55. The van der Waals surface area contributed by atoms with Crippen LogP contribution in [0.2, 0.25) is 0 Å². The summed E-state index contributed by atoms with van der Waals surface area (Å²) < 4.78 is 35.5. The molecule has 10 heteroatoms. The number of furan rings is 1. The smallest absolute Gasteiger partial charge is 0.371 e. The first kappa shape index (κ1) is 18.9. The summed E-state index contributed by atoms with van der Waals surface area (Å²) in [6, 6.07) is 5.93. The Kier molecular flexibility index (Phi) is 6.12. The van der Waals surface area contributed by atoms with E-state index in [-0.39, 0.29) is 11.5 Å². The van der Waals surface area contributed by atoms with E-state index in [4.69, 9.17) is 14.3 Å². The minimum Gasteiger partial charge on any atom is -0.475 e. The van der Waals surface area contributed by atoms with Crippen LogP contribution in [0.1, 0.15) is 17.0 Å². The highest BCUT2D eigenvalue weighted by molar-refractivity contribution is 7.89. The average molecular weight is 370 g/mol. The third-order valence-corrected chi connectivity index (χ3v) is 4.64. The largest absolute Gasteiger partial charge is 0.475 e. The number of carboxylic acids is 1. The fraction of sp³-hybridized carbons (Fsp3) is 0.333. The number of hydrogen-bond donors (Lipinski definition) is 3. The molecule has 0 aliphatic heterocycles. The number of carbonyl (C=O) groups is 2. The summed E-state index contributed by atoms with van der Waals surface area (Å²) in [6.07, 6.45) is 0.330. The van der Waals surface area contributed by atoms with Crippen LogP contribution in [0.15, 0.2) is 28.7 Å². The van der Waals surface area contributed by atoms with Crippen LogP contribution in [0.3, 0.4) is 0 Å². The number of fused-ring (bicyclic) bond motifs is 1. The van der Waals surface area contributed by atoms with Crippen molar-refractivity contribution in [1.29, 1.82) is 0 Å². The van der Waals surface area contributed by atoms with Gasteiger partial charge in [0.25, 0.3) is 0 Å². The Morgan fingerprint density at radius 2 is 2.04 bits per heavy atom. The van der Waals surface area contributed by atoms with E-state index in [0.717, 1.165) is 0 Å². The highest BCUT2D eigenvalue weighted by atomic mass is 32.2. The average Bonchev–Trinajstić information content (AvgIpc) is 2.97. The molecule has 25 heavy (non-hydrogen) atoms. The zero-order chi connectivity index (χ0) is 18.4. The molecule has 136 valence electrons. The first-order valence-electron chi connectivity index (χ1n) is 7.34. The molecule has 0 fully saturated rings. The number of methoxy groups -OCH3 is 1. The maximum Gasteiger partial charge on any atom is 0.371 e. The summed E-state index contributed by atoms with van der Waals surface area (Å²) >= 11 is 0. The van der Waals surface area contributed by atoms with E-state index >= 15 is 0 Å². The molecule has 2 aromatic rings. The van der Waals surface area contributed by atoms with E-state index in [1.54, 1.807) is 0 Å². The lowest BCUT2D eigenvalue weighted by Gasteiger charge is -2.07. The van der Waals surface area contributed by atoms with Crippen molar-refractivity contribution < 1.29 is 32.3 Å². The molecule has 1 amide bonds. The fourth-order valence-electron chi connectivity index (χ4n) is 2.07. The number of ether oxygens (including phenoxy) is 1. The molecule has 1 aromatic heterocycles. The molecule has 0 aliphatic rings. The van der Waals surface area contributed by atoms with Gasteiger partial charge in [-0.3, -0.25) is 4.79 Å². The van der Waals surface area contributed by atoms with Crippen LogP contribution in [0.25, 0.3) is 11.0 Å². The number of carboxylic acid groups (broad SMARTS) is 1. The van der Waals surface area contributed by atoms with E-state index in [1.165, 1.54) is 31.4 Å². The quantitative estimate of drug-likeness (QED) is 0.561. The van der Waals surface area contributed by atoms with Gasteiger partial charge < -0.3 is 19.6 Å². The van der Waals surface area contributed by atoms with Crippen LogP contribution in [0, 0.1) is 0 Å². The van der Waals surface area contributed by atoms with Gasteiger partial charge >= 0.3 is 5.97 Å². The van der Waals surface area contributed by atoms with Crippen LogP contribution in [0.4, 0.5) is 5.69 Å². The van der Waals surface area contributed by atoms with Crippen molar-refractivity contribution in [3.05, 3.63) is 30.0 Å². The van der Waals surface area contributed by atoms with E-state index in [1.807, 2.05) is 0 Å². The summed E-state index contributed by atoms with van der Waals surface area (Å²) in [5, 5.41) is 11.9. The summed E-state index contributed by atoms with van der Waals surface area (Å²) in [5.74, 6) is -2.07. The molecular weight excluding hydrogens is 352 g/mol. The Labute approximate surface area is 144 Å². The topological polar surface area (TPSA) is 135 Å². The molecule has 0 spiro atoms. The highest BCUT2D eigenvalue weighted by Crippen LogP contribution is 2.23. The molecule has 0 unspecified atom stereocenters. The van der Waals surface area contributed by atoms with Gasteiger partial charge in [0.2, 0.25) is 21.7 Å². The maximum atomic E-state index is 11.9. The first-order chi connectivity index (χ1) is 11.8. The van der Waals surface area contributed by atoms with Crippen molar-refractivity contribution in [2.75, 3.05) is 31.3 Å². The number of nitrogens with one attached hydrogen (secondary N) is 2. The predicted octanol–water partition coefficient (Wildman–Crippen LogP) is 1.03. The number of hydrogen-bond acceptors (Lipinski definition) is 6. The monoisotopic (exact) mass is 370 g/mol. The van der Waals surface area contributed by atoms with Gasteiger partial charge in [0.15, 0.2) is 0 Å². The molecule has 1 heterocycles. The second kappa shape index (κ2) is 8.10. The number of sulfonamides is 1. The number of rotatable bonds is 9. The lowest BCUT2D eigenvalue weighted by molar-refractivity contribution is -0.115. The minimum atomic E-state index is -3.55. The van der Waals surface area contributed by atoms with Crippen molar-refractivity contribution in [3.63, 3.8) is 0 Å². The summed E-state index contributed by atoms with van der Waals surface area (Å²) in [7, 11) is -2.08. The number of amides is 1.